The smallest absolute Gasteiger partial charge is 0.258 e. The molecule has 1 aromatic rings. The van der Waals surface area contributed by atoms with Crippen molar-refractivity contribution < 1.29 is 14.4 Å². The maximum absolute atomic E-state index is 12.6. The molecule has 0 bridgehead atoms. The summed E-state index contributed by atoms with van der Waals surface area (Å²) in [6, 6.07) is 1.08. The average Bonchev–Trinajstić information content (AvgIpc) is 2.43. The molecule has 1 aromatic heterocycles. The van der Waals surface area contributed by atoms with Crippen molar-refractivity contribution in [2.24, 2.45) is 0 Å². The largest absolute Gasteiger partial charge is 0.385 e. The van der Waals surface area contributed by atoms with Gasteiger partial charge in [-0.1, -0.05) is 0 Å². The zero-order valence-electron chi connectivity index (χ0n) is 12.3. The van der Waals surface area contributed by atoms with Gasteiger partial charge in [0.25, 0.3) is 5.91 Å². The van der Waals surface area contributed by atoms with Gasteiger partial charge in [-0.2, -0.15) is 0 Å². The van der Waals surface area contributed by atoms with Crippen molar-refractivity contribution in [2.75, 3.05) is 18.4 Å². The lowest BCUT2D eigenvalue weighted by Crippen LogP contribution is -2.58. The summed E-state index contributed by atoms with van der Waals surface area (Å²) in [5.74, 6) is -1.32. The molecule has 1 aliphatic heterocycles. The van der Waals surface area contributed by atoms with Crippen LogP contribution in [0.1, 0.15) is 29.9 Å². The van der Waals surface area contributed by atoms with Gasteiger partial charge in [0, 0.05) is 18.4 Å². The number of nitrogens with zero attached hydrogens (tertiary/aromatic N) is 2. The highest BCUT2D eigenvalue weighted by atomic mass is 16.2. The Morgan fingerprint density at radius 1 is 1.52 bits per heavy atom. The molecule has 1 atom stereocenters. The number of carbonyl (C=O) groups is 3. The Bertz CT molecular complexity index is 600. The van der Waals surface area contributed by atoms with Gasteiger partial charge in [-0.25, -0.2) is 0 Å². The molecule has 7 heteroatoms. The van der Waals surface area contributed by atoms with E-state index in [2.05, 4.69) is 15.6 Å². The van der Waals surface area contributed by atoms with E-state index in [4.69, 9.17) is 0 Å². The van der Waals surface area contributed by atoms with Crippen LogP contribution in [0.15, 0.2) is 12.3 Å². The van der Waals surface area contributed by atoms with Crippen molar-refractivity contribution in [3.63, 3.8) is 0 Å². The highest BCUT2D eigenvalue weighted by Crippen LogP contribution is 2.20. The fourth-order valence-corrected chi connectivity index (χ4v) is 2.18. The van der Waals surface area contributed by atoms with Crippen LogP contribution < -0.4 is 10.6 Å². The summed E-state index contributed by atoms with van der Waals surface area (Å²) in [6.07, 6.45) is 1.47. The normalized spacial score (nSPS) is 18.4. The van der Waals surface area contributed by atoms with Gasteiger partial charge in [0.1, 0.15) is 12.6 Å². The second-order valence-corrected chi connectivity index (χ2v) is 4.92. The van der Waals surface area contributed by atoms with Gasteiger partial charge in [0.05, 0.1) is 11.3 Å². The van der Waals surface area contributed by atoms with Crippen LogP contribution in [0.25, 0.3) is 0 Å². The van der Waals surface area contributed by atoms with Gasteiger partial charge < -0.3 is 10.2 Å². The molecule has 1 fully saturated rings. The summed E-state index contributed by atoms with van der Waals surface area (Å²) < 4.78 is 0. The number of carbonyl (C=O) groups excluding carboxylic acids is 3. The van der Waals surface area contributed by atoms with Gasteiger partial charge in [0.2, 0.25) is 11.8 Å². The first-order chi connectivity index (χ1) is 9.93. The molecule has 0 spiro atoms. The van der Waals surface area contributed by atoms with E-state index in [0.29, 0.717) is 17.8 Å². The second kappa shape index (κ2) is 5.90. The lowest BCUT2D eigenvalue weighted by molar-refractivity contribution is -0.138. The molecule has 21 heavy (non-hydrogen) atoms. The molecule has 2 heterocycles. The van der Waals surface area contributed by atoms with E-state index >= 15 is 0 Å². The van der Waals surface area contributed by atoms with Crippen molar-refractivity contribution in [1.82, 2.24) is 15.2 Å². The maximum atomic E-state index is 12.6. The molecule has 2 rings (SSSR count). The number of rotatable bonds is 3. The molecule has 0 aliphatic carbocycles. The molecule has 112 valence electrons. The number of piperazine rings is 1. The predicted molar refractivity (Wildman–Crippen MR) is 76.8 cm³/mol. The number of amides is 3. The van der Waals surface area contributed by atoms with Crippen molar-refractivity contribution in [3.8, 4) is 0 Å². The molecule has 1 unspecified atom stereocenters. The second-order valence-electron chi connectivity index (χ2n) is 4.92. The quantitative estimate of drug-likeness (QED) is 0.782. The Labute approximate surface area is 122 Å². The van der Waals surface area contributed by atoms with E-state index in [1.165, 1.54) is 11.1 Å². The fourth-order valence-electron chi connectivity index (χ4n) is 2.18. The third kappa shape index (κ3) is 3.01. The first-order valence-corrected chi connectivity index (χ1v) is 6.79. The van der Waals surface area contributed by atoms with E-state index in [9.17, 15) is 14.4 Å². The number of anilines is 1. The Kier molecular flexibility index (Phi) is 4.21. The van der Waals surface area contributed by atoms with Crippen LogP contribution in [0.4, 0.5) is 5.69 Å². The predicted octanol–water partition coefficient (Wildman–Crippen LogP) is 0.309. The summed E-state index contributed by atoms with van der Waals surface area (Å²) in [4.78, 5) is 41.1. The number of nitrogens with one attached hydrogen (secondary N) is 2. The summed E-state index contributed by atoms with van der Waals surface area (Å²) in [7, 11) is 0. The summed E-state index contributed by atoms with van der Waals surface area (Å²) >= 11 is 0. The maximum Gasteiger partial charge on any atom is 0.258 e. The Balaban J connectivity index is 2.35. The molecule has 1 aliphatic rings. The molecular weight excluding hydrogens is 272 g/mol. The molecule has 0 saturated carbocycles. The first-order valence-electron chi connectivity index (χ1n) is 6.79. The zero-order valence-corrected chi connectivity index (χ0v) is 12.3. The van der Waals surface area contributed by atoms with E-state index in [1.807, 2.05) is 13.8 Å². The SMILES string of the molecule is CCNc1cc(C)ncc1C(=O)N1CC(=O)NC(=O)C1C. The third-order valence-electron chi connectivity index (χ3n) is 3.32. The fraction of sp³-hybridized carbons (Fsp3) is 0.429. The summed E-state index contributed by atoms with van der Waals surface area (Å²) in [6.45, 7) is 5.86. The minimum Gasteiger partial charge on any atom is -0.385 e. The molecule has 7 nitrogen and oxygen atoms in total. The Morgan fingerprint density at radius 2 is 2.24 bits per heavy atom. The van der Waals surface area contributed by atoms with Crippen LogP contribution in [0.2, 0.25) is 0 Å². The third-order valence-corrected chi connectivity index (χ3v) is 3.32. The van der Waals surface area contributed by atoms with E-state index < -0.39 is 17.9 Å². The van der Waals surface area contributed by atoms with E-state index in [1.54, 1.807) is 13.0 Å². The van der Waals surface area contributed by atoms with Crippen LogP contribution in [0.3, 0.4) is 0 Å². The number of hydrogen-bond acceptors (Lipinski definition) is 5. The molecule has 1 saturated heterocycles. The van der Waals surface area contributed by atoms with E-state index in [-0.39, 0.29) is 12.5 Å². The average molecular weight is 290 g/mol. The topological polar surface area (TPSA) is 91.4 Å². The van der Waals surface area contributed by atoms with Gasteiger partial charge in [-0.15, -0.1) is 0 Å². The Hall–Kier alpha value is -2.44. The molecule has 3 amide bonds. The number of aromatic nitrogens is 1. The number of aryl methyl sites for hydroxylation is 1. The van der Waals surface area contributed by atoms with Crippen molar-refractivity contribution >= 4 is 23.4 Å². The summed E-state index contributed by atoms with van der Waals surface area (Å²) in [5, 5.41) is 5.31. The molecule has 2 N–H and O–H groups in total. The first kappa shape index (κ1) is 15.0. The van der Waals surface area contributed by atoms with Crippen LogP contribution in [0.5, 0.6) is 0 Å². The number of imide groups is 1. The van der Waals surface area contributed by atoms with Crippen molar-refractivity contribution in [2.45, 2.75) is 26.8 Å². The lowest BCUT2D eigenvalue weighted by atomic mass is 10.1. The monoisotopic (exact) mass is 290 g/mol. The van der Waals surface area contributed by atoms with Gasteiger partial charge in [-0.3, -0.25) is 24.7 Å². The number of pyridine rings is 1. The summed E-state index contributed by atoms with van der Waals surface area (Å²) in [5.41, 5.74) is 1.79. The van der Waals surface area contributed by atoms with Gasteiger partial charge >= 0.3 is 0 Å². The molecule has 0 aromatic carbocycles. The highest BCUT2D eigenvalue weighted by molar-refractivity contribution is 6.08. The highest BCUT2D eigenvalue weighted by Gasteiger charge is 2.34. The molecular formula is C14H18N4O3. The standard InChI is InChI=1S/C14H18N4O3/c1-4-15-11-5-8(2)16-6-10(11)14(21)18-7-12(19)17-13(20)9(18)3/h5-6,9H,4,7H2,1-3H3,(H,15,16)(H,17,19,20). The lowest BCUT2D eigenvalue weighted by Gasteiger charge is -2.32. The van der Waals surface area contributed by atoms with Crippen LogP contribution in [0, 0.1) is 6.92 Å². The van der Waals surface area contributed by atoms with E-state index in [0.717, 1.165) is 5.69 Å². The van der Waals surface area contributed by atoms with Crippen LogP contribution in [-0.4, -0.2) is 46.7 Å². The minimum absolute atomic E-state index is 0.134. The Morgan fingerprint density at radius 3 is 2.90 bits per heavy atom. The van der Waals surface area contributed by atoms with Gasteiger partial charge in [0.15, 0.2) is 0 Å². The van der Waals surface area contributed by atoms with Crippen molar-refractivity contribution in [1.29, 1.82) is 0 Å². The van der Waals surface area contributed by atoms with Crippen LogP contribution >= 0.6 is 0 Å². The minimum atomic E-state index is -0.689. The van der Waals surface area contributed by atoms with Crippen LogP contribution in [-0.2, 0) is 9.59 Å². The molecule has 0 radical (unpaired) electrons. The van der Waals surface area contributed by atoms with Gasteiger partial charge in [-0.05, 0) is 26.8 Å². The van der Waals surface area contributed by atoms with Crippen molar-refractivity contribution in [3.05, 3.63) is 23.5 Å². The number of hydrogen-bond donors (Lipinski definition) is 2. The zero-order chi connectivity index (χ0) is 15.6.